The molecule has 0 radical (unpaired) electrons. The van der Waals surface area contributed by atoms with Crippen LogP contribution in [0.1, 0.15) is 37.7 Å². The quantitative estimate of drug-likeness (QED) is 0.780. The van der Waals surface area contributed by atoms with Gasteiger partial charge < -0.3 is 5.32 Å². The molecule has 0 heterocycles. The first kappa shape index (κ1) is 17.7. The first-order valence-electron chi connectivity index (χ1n) is 8.03. The monoisotopic (exact) mass is 336 g/mol. The standard InChI is InChI=1S/C17H24N2O3S/c18-23(21,22)16-9-6-15(7-10-16)12-13-19-17(20)11-8-14-4-2-1-3-5-14/h6-11,14H,1-5,12-13H2,(H,19,20)(H2,18,21,22). The third-order valence-corrected chi connectivity index (χ3v) is 5.06. The number of primary sulfonamides is 1. The number of carbonyl (C=O) groups excluding carboxylic acids is 1. The van der Waals surface area contributed by atoms with Gasteiger partial charge in [0, 0.05) is 6.54 Å². The number of amides is 1. The van der Waals surface area contributed by atoms with Gasteiger partial charge in [-0.25, -0.2) is 13.6 Å². The summed E-state index contributed by atoms with van der Waals surface area (Å²) in [4.78, 5) is 11.9. The van der Waals surface area contributed by atoms with E-state index in [1.807, 2.05) is 6.08 Å². The second-order valence-electron chi connectivity index (χ2n) is 5.99. The van der Waals surface area contributed by atoms with Crippen LogP contribution in [0, 0.1) is 5.92 Å². The molecule has 5 nitrogen and oxygen atoms in total. The van der Waals surface area contributed by atoms with Crippen LogP contribution in [0.5, 0.6) is 0 Å². The molecule has 0 atom stereocenters. The highest BCUT2D eigenvalue weighted by atomic mass is 32.2. The predicted molar refractivity (Wildman–Crippen MR) is 90.2 cm³/mol. The highest BCUT2D eigenvalue weighted by Crippen LogP contribution is 2.24. The minimum absolute atomic E-state index is 0.0725. The second kappa shape index (κ2) is 8.26. The van der Waals surface area contributed by atoms with E-state index in [0.29, 0.717) is 18.9 Å². The zero-order valence-electron chi connectivity index (χ0n) is 13.2. The molecule has 0 saturated heterocycles. The van der Waals surface area contributed by atoms with Gasteiger partial charge in [-0.05, 0) is 49.0 Å². The normalized spacial score (nSPS) is 16.6. The molecule has 1 aromatic carbocycles. The Kier molecular flexibility index (Phi) is 6.36. The Balaban J connectivity index is 1.73. The van der Waals surface area contributed by atoms with Gasteiger partial charge >= 0.3 is 0 Å². The molecule has 0 aromatic heterocycles. The molecular weight excluding hydrogens is 312 g/mol. The van der Waals surface area contributed by atoms with Crippen molar-refractivity contribution in [2.75, 3.05) is 6.54 Å². The fraction of sp³-hybridized carbons (Fsp3) is 0.471. The van der Waals surface area contributed by atoms with E-state index in [1.54, 1.807) is 18.2 Å². The molecule has 126 valence electrons. The second-order valence-corrected chi connectivity index (χ2v) is 7.55. The zero-order chi connectivity index (χ0) is 16.7. The molecule has 0 spiro atoms. The van der Waals surface area contributed by atoms with Gasteiger partial charge in [-0.2, -0.15) is 0 Å². The third-order valence-electron chi connectivity index (χ3n) is 4.13. The molecule has 1 aliphatic rings. The van der Waals surface area contributed by atoms with Gasteiger partial charge in [0.05, 0.1) is 4.90 Å². The van der Waals surface area contributed by atoms with Crippen LogP contribution in [0.2, 0.25) is 0 Å². The lowest BCUT2D eigenvalue weighted by Gasteiger charge is -2.17. The van der Waals surface area contributed by atoms with Gasteiger partial charge in [0.1, 0.15) is 0 Å². The van der Waals surface area contributed by atoms with Crippen LogP contribution >= 0.6 is 0 Å². The van der Waals surface area contributed by atoms with Crippen molar-refractivity contribution in [2.24, 2.45) is 11.1 Å². The topological polar surface area (TPSA) is 89.3 Å². The number of carbonyl (C=O) groups is 1. The first-order valence-corrected chi connectivity index (χ1v) is 9.57. The smallest absolute Gasteiger partial charge is 0.243 e. The number of allylic oxidation sites excluding steroid dienone is 1. The molecular formula is C17H24N2O3S. The van der Waals surface area contributed by atoms with Crippen LogP contribution in [0.25, 0.3) is 0 Å². The van der Waals surface area contributed by atoms with Crippen molar-refractivity contribution < 1.29 is 13.2 Å². The van der Waals surface area contributed by atoms with Gasteiger partial charge in [0.2, 0.25) is 15.9 Å². The number of hydrogen-bond donors (Lipinski definition) is 2. The minimum Gasteiger partial charge on any atom is -0.352 e. The summed E-state index contributed by atoms with van der Waals surface area (Å²) in [5.41, 5.74) is 0.953. The molecule has 6 heteroatoms. The molecule has 0 bridgehead atoms. The Labute approximate surface area is 138 Å². The molecule has 3 N–H and O–H groups in total. The van der Waals surface area contributed by atoms with E-state index in [9.17, 15) is 13.2 Å². The van der Waals surface area contributed by atoms with E-state index in [0.717, 1.165) is 5.56 Å². The number of benzene rings is 1. The lowest BCUT2D eigenvalue weighted by molar-refractivity contribution is -0.116. The molecule has 0 unspecified atom stereocenters. The van der Waals surface area contributed by atoms with Crippen molar-refractivity contribution in [3.8, 4) is 0 Å². The minimum atomic E-state index is -3.65. The van der Waals surface area contributed by atoms with Crippen molar-refractivity contribution in [3.63, 3.8) is 0 Å². The average Bonchev–Trinajstić information content (AvgIpc) is 2.53. The van der Waals surface area contributed by atoms with Crippen LogP contribution in [-0.4, -0.2) is 20.9 Å². The lowest BCUT2D eigenvalue weighted by atomic mass is 9.89. The van der Waals surface area contributed by atoms with Crippen molar-refractivity contribution in [1.29, 1.82) is 0 Å². The summed E-state index contributed by atoms with van der Waals surface area (Å²) in [7, 11) is -3.65. The van der Waals surface area contributed by atoms with Crippen LogP contribution < -0.4 is 10.5 Å². The Morgan fingerprint density at radius 1 is 1.17 bits per heavy atom. The molecule has 0 aliphatic heterocycles. The van der Waals surface area contributed by atoms with Crippen LogP contribution in [-0.2, 0) is 21.2 Å². The summed E-state index contributed by atoms with van der Waals surface area (Å²) >= 11 is 0. The number of nitrogens with two attached hydrogens (primary N) is 1. The van der Waals surface area contributed by atoms with Gasteiger partial charge in [-0.15, -0.1) is 0 Å². The van der Waals surface area contributed by atoms with E-state index in [-0.39, 0.29) is 10.8 Å². The Morgan fingerprint density at radius 2 is 1.83 bits per heavy atom. The van der Waals surface area contributed by atoms with Crippen LogP contribution in [0.4, 0.5) is 0 Å². The Morgan fingerprint density at radius 3 is 2.43 bits per heavy atom. The predicted octanol–water partition coefficient (Wildman–Crippen LogP) is 2.13. The SMILES string of the molecule is NS(=O)(=O)c1ccc(CCNC(=O)C=CC2CCCCC2)cc1. The Bertz CT molecular complexity index is 645. The van der Waals surface area contributed by atoms with E-state index in [1.165, 1.54) is 44.2 Å². The lowest BCUT2D eigenvalue weighted by Crippen LogP contribution is -2.23. The molecule has 23 heavy (non-hydrogen) atoms. The largest absolute Gasteiger partial charge is 0.352 e. The van der Waals surface area contributed by atoms with E-state index >= 15 is 0 Å². The fourth-order valence-electron chi connectivity index (χ4n) is 2.78. The summed E-state index contributed by atoms with van der Waals surface area (Å²) < 4.78 is 22.3. The molecule has 1 aliphatic carbocycles. The highest BCUT2D eigenvalue weighted by molar-refractivity contribution is 7.89. The highest BCUT2D eigenvalue weighted by Gasteiger charge is 2.10. The maximum Gasteiger partial charge on any atom is 0.243 e. The van der Waals surface area contributed by atoms with Gasteiger partial charge in [-0.3, -0.25) is 4.79 Å². The number of nitrogens with one attached hydrogen (secondary N) is 1. The number of rotatable bonds is 6. The fourth-order valence-corrected chi connectivity index (χ4v) is 3.30. The van der Waals surface area contributed by atoms with E-state index < -0.39 is 10.0 Å². The van der Waals surface area contributed by atoms with Crippen molar-refractivity contribution in [2.45, 2.75) is 43.4 Å². The zero-order valence-corrected chi connectivity index (χ0v) is 14.0. The van der Waals surface area contributed by atoms with Crippen molar-refractivity contribution in [3.05, 3.63) is 42.0 Å². The van der Waals surface area contributed by atoms with Crippen molar-refractivity contribution in [1.82, 2.24) is 5.32 Å². The molecule has 1 amide bonds. The number of sulfonamides is 1. The van der Waals surface area contributed by atoms with E-state index in [2.05, 4.69) is 5.32 Å². The summed E-state index contributed by atoms with van der Waals surface area (Å²) in [6.45, 7) is 0.516. The first-order chi connectivity index (χ1) is 10.9. The van der Waals surface area contributed by atoms with Gasteiger partial charge in [-0.1, -0.05) is 37.5 Å². The maximum absolute atomic E-state index is 11.8. The Hall–Kier alpha value is -1.66. The summed E-state index contributed by atoms with van der Waals surface area (Å²) in [5.74, 6) is 0.469. The summed E-state index contributed by atoms with van der Waals surface area (Å²) in [5, 5.41) is 7.90. The molecule has 1 aromatic rings. The molecule has 1 saturated carbocycles. The van der Waals surface area contributed by atoms with Crippen LogP contribution in [0.3, 0.4) is 0 Å². The number of hydrogen-bond acceptors (Lipinski definition) is 3. The van der Waals surface area contributed by atoms with Gasteiger partial charge in [0.25, 0.3) is 0 Å². The maximum atomic E-state index is 11.8. The average molecular weight is 336 g/mol. The van der Waals surface area contributed by atoms with Gasteiger partial charge in [0.15, 0.2) is 0 Å². The molecule has 1 fully saturated rings. The van der Waals surface area contributed by atoms with E-state index in [4.69, 9.17) is 5.14 Å². The summed E-state index contributed by atoms with van der Waals surface area (Å²) in [6.07, 6.45) is 10.5. The third kappa shape index (κ3) is 6.15. The molecule has 2 rings (SSSR count). The van der Waals surface area contributed by atoms with Crippen LogP contribution in [0.15, 0.2) is 41.3 Å². The van der Waals surface area contributed by atoms with Crippen molar-refractivity contribution >= 4 is 15.9 Å². The summed E-state index contributed by atoms with van der Waals surface area (Å²) in [6, 6.07) is 6.39.